The Labute approximate surface area is 186 Å². The third-order valence-corrected chi connectivity index (χ3v) is 5.58. The van der Waals surface area contributed by atoms with E-state index < -0.39 is 0 Å². The summed E-state index contributed by atoms with van der Waals surface area (Å²) in [5.41, 5.74) is 1.17. The Hall–Kier alpha value is -0.870. The molecule has 1 N–H and O–H groups in total. The fourth-order valence-electron chi connectivity index (χ4n) is 4.23. The minimum atomic E-state index is 0. The molecule has 2 aliphatic rings. The molecule has 0 aromatic carbocycles. The van der Waals surface area contributed by atoms with Gasteiger partial charge < -0.3 is 19.5 Å². The van der Waals surface area contributed by atoms with Crippen molar-refractivity contribution >= 4 is 29.9 Å². The Balaban J connectivity index is 0.00000280. The summed E-state index contributed by atoms with van der Waals surface area (Å²) in [6.45, 7) is 13.5. The van der Waals surface area contributed by atoms with E-state index in [9.17, 15) is 0 Å². The number of halogens is 1. The van der Waals surface area contributed by atoms with Crippen LogP contribution in [0, 0.1) is 11.3 Å². The van der Waals surface area contributed by atoms with Crippen LogP contribution in [0.25, 0.3) is 0 Å². The molecule has 1 aromatic heterocycles. The molecule has 2 atom stereocenters. The average molecular weight is 505 g/mol. The zero-order chi connectivity index (χ0) is 19.3. The van der Waals surface area contributed by atoms with Gasteiger partial charge in [-0.2, -0.15) is 0 Å². The second-order valence-electron chi connectivity index (χ2n) is 8.74. The first kappa shape index (κ1) is 23.4. The van der Waals surface area contributed by atoms with E-state index in [1.165, 1.54) is 6.42 Å². The number of nitrogens with one attached hydrogen (secondary N) is 1. The van der Waals surface area contributed by atoms with E-state index in [1.54, 1.807) is 6.26 Å². The van der Waals surface area contributed by atoms with Gasteiger partial charge in [0, 0.05) is 64.9 Å². The van der Waals surface area contributed by atoms with Crippen molar-refractivity contribution in [2.24, 2.45) is 16.3 Å². The zero-order valence-electron chi connectivity index (χ0n) is 17.7. The molecule has 2 saturated heterocycles. The molecule has 1 aromatic rings. The van der Waals surface area contributed by atoms with Crippen molar-refractivity contribution in [2.45, 2.75) is 46.3 Å². The number of rotatable bonds is 4. The largest absolute Gasteiger partial charge is 0.377 e. The highest BCUT2D eigenvalue weighted by atomic mass is 127. The number of piperazine rings is 1. The van der Waals surface area contributed by atoms with Crippen molar-refractivity contribution in [1.82, 2.24) is 20.3 Å². The monoisotopic (exact) mass is 505 g/mol. The van der Waals surface area contributed by atoms with E-state index in [2.05, 4.69) is 46.0 Å². The van der Waals surface area contributed by atoms with Crippen LogP contribution in [0.1, 0.15) is 39.3 Å². The number of ether oxygens (including phenoxy) is 1. The molecule has 0 bridgehead atoms. The van der Waals surface area contributed by atoms with Crippen molar-refractivity contribution in [3.8, 4) is 0 Å². The van der Waals surface area contributed by atoms with E-state index in [0.29, 0.717) is 12.0 Å². The van der Waals surface area contributed by atoms with Crippen LogP contribution in [0.3, 0.4) is 0 Å². The average Bonchev–Trinajstić information content (AvgIpc) is 3.16. The van der Waals surface area contributed by atoms with Gasteiger partial charge >= 0.3 is 0 Å². The first-order valence-corrected chi connectivity index (χ1v) is 10.2. The molecule has 0 spiro atoms. The van der Waals surface area contributed by atoms with Crippen LogP contribution in [-0.2, 0) is 11.3 Å². The van der Waals surface area contributed by atoms with Gasteiger partial charge in [-0.05, 0) is 18.3 Å². The van der Waals surface area contributed by atoms with Crippen LogP contribution in [0.2, 0.25) is 0 Å². The van der Waals surface area contributed by atoms with Crippen LogP contribution in [0.5, 0.6) is 0 Å². The van der Waals surface area contributed by atoms with Gasteiger partial charge in [-0.25, -0.2) is 0 Å². The van der Waals surface area contributed by atoms with Gasteiger partial charge in [0.2, 0.25) is 0 Å². The molecule has 2 fully saturated rings. The predicted octanol–water partition coefficient (Wildman–Crippen LogP) is 2.83. The van der Waals surface area contributed by atoms with E-state index in [1.807, 2.05) is 13.1 Å². The smallest absolute Gasteiger partial charge is 0.193 e. The topological polar surface area (TPSA) is 66.1 Å². The number of hydrogen-bond donors (Lipinski definition) is 1. The summed E-state index contributed by atoms with van der Waals surface area (Å²) in [7, 11) is 1.88. The summed E-state index contributed by atoms with van der Waals surface area (Å²) >= 11 is 0. The lowest BCUT2D eigenvalue weighted by Gasteiger charge is -2.41. The second-order valence-corrected chi connectivity index (χ2v) is 8.74. The Morgan fingerprint density at radius 3 is 2.64 bits per heavy atom. The van der Waals surface area contributed by atoms with Crippen molar-refractivity contribution in [1.29, 1.82) is 0 Å². The second kappa shape index (κ2) is 10.8. The van der Waals surface area contributed by atoms with Gasteiger partial charge in [-0.3, -0.25) is 9.89 Å². The maximum Gasteiger partial charge on any atom is 0.193 e. The molecule has 2 unspecified atom stereocenters. The van der Waals surface area contributed by atoms with E-state index in [4.69, 9.17) is 9.26 Å². The minimum Gasteiger partial charge on any atom is -0.377 e. The first-order valence-electron chi connectivity index (χ1n) is 10.2. The minimum absolute atomic E-state index is 0. The lowest BCUT2D eigenvalue weighted by atomic mass is 9.78. The molecule has 160 valence electrons. The predicted molar refractivity (Wildman–Crippen MR) is 122 cm³/mol. The molecule has 7 nitrogen and oxygen atoms in total. The van der Waals surface area contributed by atoms with Crippen LogP contribution >= 0.6 is 24.0 Å². The SMILES string of the molecule is CN=C(NCC1CCCOC1C(C)(C)C)N1CCN(Cc2ccon2)CC1.I. The van der Waals surface area contributed by atoms with Crippen molar-refractivity contribution in [3.63, 3.8) is 0 Å². The Bertz CT molecular complexity index is 594. The molecular formula is C20H36IN5O2. The van der Waals surface area contributed by atoms with Gasteiger partial charge in [-0.15, -0.1) is 24.0 Å². The maximum absolute atomic E-state index is 6.12. The molecule has 8 heteroatoms. The number of nitrogens with zero attached hydrogens (tertiary/aromatic N) is 4. The normalized spacial score (nSPS) is 24.7. The van der Waals surface area contributed by atoms with Crippen molar-refractivity contribution in [3.05, 3.63) is 18.0 Å². The molecule has 0 saturated carbocycles. The molecule has 3 heterocycles. The fourth-order valence-corrected chi connectivity index (χ4v) is 4.23. The van der Waals surface area contributed by atoms with E-state index in [-0.39, 0.29) is 29.4 Å². The van der Waals surface area contributed by atoms with Crippen LogP contribution in [0.15, 0.2) is 21.8 Å². The number of aromatic nitrogens is 1. The highest BCUT2D eigenvalue weighted by Gasteiger charge is 2.35. The van der Waals surface area contributed by atoms with Crippen LogP contribution in [-0.4, -0.2) is 73.4 Å². The molecular weight excluding hydrogens is 469 g/mol. The molecule has 2 aliphatic heterocycles. The number of aliphatic imine (C=N–C) groups is 1. The summed E-state index contributed by atoms with van der Waals surface area (Å²) in [5, 5.41) is 7.63. The van der Waals surface area contributed by atoms with E-state index in [0.717, 1.165) is 63.9 Å². The third kappa shape index (κ3) is 6.32. The maximum atomic E-state index is 6.12. The van der Waals surface area contributed by atoms with Crippen molar-refractivity contribution < 1.29 is 9.26 Å². The number of hydrogen-bond acceptors (Lipinski definition) is 5. The van der Waals surface area contributed by atoms with Crippen molar-refractivity contribution in [2.75, 3.05) is 46.4 Å². The Morgan fingerprint density at radius 1 is 1.29 bits per heavy atom. The first-order chi connectivity index (χ1) is 13.0. The van der Waals surface area contributed by atoms with E-state index >= 15 is 0 Å². The summed E-state index contributed by atoms with van der Waals surface area (Å²) in [4.78, 5) is 9.29. The summed E-state index contributed by atoms with van der Waals surface area (Å²) in [6, 6.07) is 1.94. The lowest BCUT2D eigenvalue weighted by molar-refractivity contribution is -0.0836. The standard InChI is InChI=1S/C20H35N5O2.HI/c1-20(2,3)18-16(6-5-12-26-18)14-22-19(21-4)25-10-8-24(9-11-25)15-17-7-13-27-23-17;/h7,13,16,18H,5-6,8-12,14-15H2,1-4H3,(H,21,22);1H. The highest BCUT2D eigenvalue weighted by Crippen LogP contribution is 2.33. The van der Waals surface area contributed by atoms with Gasteiger partial charge in [0.25, 0.3) is 0 Å². The van der Waals surface area contributed by atoms with Gasteiger partial charge in [0.1, 0.15) is 6.26 Å². The van der Waals surface area contributed by atoms with Crippen LogP contribution in [0.4, 0.5) is 0 Å². The summed E-state index contributed by atoms with van der Waals surface area (Å²) < 4.78 is 11.0. The van der Waals surface area contributed by atoms with Crippen LogP contribution < -0.4 is 5.32 Å². The Kier molecular flexibility index (Phi) is 9.01. The number of guanidine groups is 1. The lowest BCUT2D eigenvalue weighted by Crippen LogP contribution is -2.54. The molecule has 28 heavy (non-hydrogen) atoms. The fraction of sp³-hybridized carbons (Fsp3) is 0.800. The summed E-state index contributed by atoms with van der Waals surface area (Å²) in [5.74, 6) is 1.54. The third-order valence-electron chi connectivity index (χ3n) is 5.58. The van der Waals surface area contributed by atoms with Gasteiger partial charge in [0.05, 0.1) is 11.8 Å². The Morgan fingerprint density at radius 2 is 2.04 bits per heavy atom. The highest BCUT2D eigenvalue weighted by molar-refractivity contribution is 14.0. The molecule has 3 rings (SSSR count). The van der Waals surface area contributed by atoms with Gasteiger partial charge in [-0.1, -0.05) is 25.9 Å². The molecule has 0 aliphatic carbocycles. The van der Waals surface area contributed by atoms with Gasteiger partial charge in [0.15, 0.2) is 5.96 Å². The summed E-state index contributed by atoms with van der Waals surface area (Å²) in [6.07, 6.45) is 4.31. The zero-order valence-corrected chi connectivity index (χ0v) is 20.0. The quantitative estimate of drug-likeness (QED) is 0.386. The molecule has 0 radical (unpaired) electrons. The molecule has 0 amide bonds.